The number of quaternary nitrogens is 1. The Morgan fingerprint density at radius 2 is 1.73 bits per heavy atom. The van der Waals surface area contributed by atoms with Gasteiger partial charge in [0.2, 0.25) is 6.29 Å². The van der Waals surface area contributed by atoms with Crippen molar-refractivity contribution in [3.8, 4) is 0 Å². The highest BCUT2D eigenvalue weighted by molar-refractivity contribution is 6.31. The maximum atomic E-state index is 12.9. The van der Waals surface area contributed by atoms with Gasteiger partial charge in [0.15, 0.2) is 5.78 Å². The molecule has 2 aromatic carbocycles. The summed E-state index contributed by atoms with van der Waals surface area (Å²) < 4.78 is 11.0. The third kappa shape index (κ3) is 7.87. The number of carbonyl (C=O) groups excluding carboxylic acids is 1. The van der Waals surface area contributed by atoms with E-state index < -0.39 is 6.10 Å². The van der Waals surface area contributed by atoms with Gasteiger partial charge in [0.05, 0.1) is 14.1 Å². The Hall–Kier alpha value is -1.67. The summed E-state index contributed by atoms with van der Waals surface area (Å²) in [6.07, 6.45) is -0.966. The molecule has 30 heavy (non-hydrogen) atoms. The smallest absolute Gasteiger partial charge is 0.207 e. The first-order valence-electron chi connectivity index (χ1n) is 9.44. The highest BCUT2D eigenvalue weighted by Gasteiger charge is 2.25. The van der Waals surface area contributed by atoms with Crippen LogP contribution in [-0.4, -0.2) is 75.7 Å². The van der Waals surface area contributed by atoms with Gasteiger partial charge in [-0.3, -0.25) is 4.79 Å². The van der Waals surface area contributed by atoms with Crippen LogP contribution in [0.2, 0.25) is 5.02 Å². The Kier molecular flexibility index (Phi) is 10.8. The maximum Gasteiger partial charge on any atom is 0.207 e. The van der Waals surface area contributed by atoms with E-state index >= 15 is 0 Å². The monoisotopic (exact) mass is 456 g/mol. The molecule has 6 nitrogen and oxygen atoms in total. The molecular formula is C22H30Cl2N2O4. The molecule has 2 aromatic rings. The number of rotatable bonds is 11. The van der Waals surface area contributed by atoms with Crippen LogP contribution in [0.15, 0.2) is 48.5 Å². The minimum atomic E-state index is -0.630. The standard InChI is InChI=1S/C22H29ClN2O4.ClH/c1-25(2,15-21(28-3)29-4)14-18(26)13-24-20-11-10-17(23)12-19(20)22(27)16-8-6-5-7-9-16;/h5-12,18,21,26H,13-15H2,1-4H3;1H. The fraction of sp³-hybridized carbons (Fsp3) is 0.409. The van der Waals surface area contributed by atoms with Crippen molar-refractivity contribution in [1.82, 2.24) is 0 Å². The minimum Gasteiger partial charge on any atom is -1.00 e. The number of aliphatic hydroxyl groups is 1. The van der Waals surface area contributed by atoms with Crippen LogP contribution in [0.4, 0.5) is 5.69 Å². The largest absolute Gasteiger partial charge is 1.00 e. The van der Waals surface area contributed by atoms with E-state index in [9.17, 15) is 9.90 Å². The Labute approximate surface area is 189 Å². The van der Waals surface area contributed by atoms with Crippen molar-refractivity contribution in [2.45, 2.75) is 12.4 Å². The van der Waals surface area contributed by atoms with Crippen LogP contribution in [0.25, 0.3) is 0 Å². The quantitative estimate of drug-likeness (QED) is 0.284. The number of aliphatic hydroxyl groups excluding tert-OH is 1. The second-order valence-corrected chi connectivity index (χ2v) is 8.06. The number of carbonyl (C=O) groups is 1. The first kappa shape index (κ1) is 26.4. The molecule has 0 aliphatic rings. The zero-order valence-electron chi connectivity index (χ0n) is 17.8. The van der Waals surface area contributed by atoms with Gasteiger partial charge in [-0.05, 0) is 18.2 Å². The van der Waals surface area contributed by atoms with Gasteiger partial charge >= 0.3 is 0 Å². The average Bonchev–Trinajstić information content (AvgIpc) is 2.70. The molecule has 8 heteroatoms. The number of ketones is 1. The van der Waals surface area contributed by atoms with Crippen molar-refractivity contribution in [1.29, 1.82) is 0 Å². The zero-order valence-corrected chi connectivity index (χ0v) is 19.3. The molecule has 0 spiro atoms. The number of methoxy groups -OCH3 is 2. The van der Waals surface area contributed by atoms with Crippen molar-refractivity contribution in [2.75, 3.05) is 53.3 Å². The van der Waals surface area contributed by atoms with Crippen molar-refractivity contribution in [3.63, 3.8) is 0 Å². The molecule has 0 saturated carbocycles. The molecule has 0 aliphatic carbocycles. The number of nitrogens with one attached hydrogen (secondary N) is 1. The predicted molar refractivity (Wildman–Crippen MR) is 115 cm³/mol. The molecule has 0 heterocycles. The average molecular weight is 457 g/mol. The molecule has 0 aliphatic heterocycles. The summed E-state index contributed by atoms with van der Waals surface area (Å²) in [7, 11) is 7.19. The molecule has 0 aromatic heterocycles. The van der Waals surface area contributed by atoms with Gasteiger partial charge in [-0.15, -0.1) is 0 Å². The number of benzene rings is 2. The van der Waals surface area contributed by atoms with Crippen LogP contribution in [0.3, 0.4) is 0 Å². The molecule has 1 atom stereocenters. The van der Waals surface area contributed by atoms with E-state index in [-0.39, 0.29) is 24.5 Å². The normalized spacial score (nSPS) is 12.4. The number of anilines is 1. The third-order valence-electron chi connectivity index (χ3n) is 4.66. The molecule has 1 unspecified atom stereocenters. The van der Waals surface area contributed by atoms with Crippen LogP contribution in [-0.2, 0) is 9.47 Å². The van der Waals surface area contributed by atoms with E-state index in [4.69, 9.17) is 21.1 Å². The topological polar surface area (TPSA) is 67.8 Å². The summed E-state index contributed by atoms with van der Waals surface area (Å²) in [5.41, 5.74) is 1.70. The van der Waals surface area contributed by atoms with E-state index in [1.165, 1.54) is 0 Å². The van der Waals surface area contributed by atoms with Gasteiger partial charge in [0, 0.05) is 42.6 Å². The molecule has 0 amide bonds. The SMILES string of the molecule is COC(C[N+](C)(C)CC(O)CNc1ccc(Cl)cc1C(=O)c1ccccc1)OC.[Cl-]. The summed E-state index contributed by atoms with van der Waals surface area (Å²) >= 11 is 6.12. The van der Waals surface area contributed by atoms with Gasteiger partial charge in [0.1, 0.15) is 19.2 Å². The number of nitrogens with zero attached hydrogens (tertiary/aromatic N) is 1. The summed E-state index contributed by atoms with van der Waals surface area (Å²) in [6, 6.07) is 14.2. The molecule has 0 radical (unpaired) electrons. The van der Waals surface area contributed by atoms with Crippen LogP contribution in [0.1, 0.15) is 15.9 Å². The van der Waals surface area contributed by atoms with Gasteiger partial charge < -0.3 is 36.8 Å². The highest BCUT2D eigenvalue weighted by atomic mass is 35.5. The van der Waals surface area contributed by atoms with E-state index in [1.807, 2.05) is 32.3 Å². The maximum absolute atomic E-state index is 12.9. The number of likely N-dealkylation sites (N-methyl/N-ethyl adjacent to an activating group) is 1. The third-order valence-corrected chi connectivity index (χ3v) is 4.90. The Balaban J connectivity index is 0.00000450. The van der Waals surface area contributed by atoms with E-state index in [2.05, 4.69) is 5.32 Å². The lowest BCUT2D eigenvalue weighted by atomic mass is 10.0. The fourth-order valence-electron chi connectivity index (χ4n) is 3.19. The lowest BCUT2D eigenvalue weighted by molar-refractivity contribution is -0.898. The Morgan fingerprint density at radius 1 is 1.10 bits per heavy atom. The molecule has 0 bridgehead atoms. The van der Waals surface area contributed by atoms with Gasteiger partial charge in [-0.25, -0.2) is 0 Å². The summed E-state index contributed by atoms with van der Waals surface area (Å²) in [6.45, 7) is 1.39. The number of ether oxygens (including phenoxy) is 2. The van der Waals surface area contributed by atoms with Crippen molar-refractivity contribution in [3.05, 3.63) is 64.7 Å². The molecule has 2 N–H and O–H groups in total. The van der Waals surface area contributed by atoms with E-state index in [0.29, 0.717) is 46.0 Å². The van der Waals surface area contributed by atoms with Crippen LogP contribution in [0, 0.1) is 0 Å². The van der Waals surface area contributed by atoms with E-state index in [1.54, 1.807) is 44.6 Å². The first-order valence-corrected chi connectivity index (χ1v) is 9.82. The van der Waals surface area contributed by atoms with Gasteiger partial charge in [0.25, 0.3) is 0 Å². The second kappa shape index (κ2) is 12.2. The summed E-state index contributed by atoms with van der Waals surface area (Å²) in [5, 5.41) is 14.2. The number of hydrogen-bond donors (Lipinski definition) is 2. The lowest BCUT2D eigenvalue weighted by Gasteiger charge is -2.34. The Bertz CT molecular complexity index is 799. The molecule has 2 rings (SSSR count). The van der Waals surface area contributed by atoms with E-state index in [0.717, 1.165) is 0 Å². The van der Waals surface area contributed by atoms with Crippen LogP contribution < -0.4 is 17.7 Å². The van der Waals surface area contributed by atoms with Gasteiger partial charge in [-0.1, -0.05) is 41.9 Å². The van der Waals surface area contributed by atoms with Crippen LogP contribution >= 0.6 is 11.6 Å². The first-order chi connectivity index (χ1) is 13.8. The number of hydrogen-bond acceptors (Lipinski definition) is 5. The molecule has 0 fully saturated rings. The van der Waals surface area contributed by atoms with Crippen molar-refractivity contribution < 1.29 is 36.3 Å². The zero-order chi connectivity index (χ0) is 21.4. The predicted octanol–water partition coefficient (Wildman–Crippen LogP) is 0.0431. The van der Waals surface area contributed by atoms with Crippen molar-refractivity contribution in [2.24, 2.45) is 0 Å². The highest BCUT2D eigenvalue weighted by Crippen LogP contribution is 2.24. The minimum absolute atomic E-state index is 0. The Morgan fingerprint density at radius 3 is 2.33 bits per heavy atom. The lowest BCUT2D eigenvalue weighted by Crippen LogP contribution is -3.00. The molecular weight excluding hydrogens is 427 g/mol. The summed E-state index contributed by atoms with van der Waals surface area (Å²) in [4.78, 5) is 12.9. The summed E-state index contributed by atoms with van der Waals surface area (Å²) in [5.74, 6) is -0.121. The van der Waals surface area contributed by atoms with Gasteiger partial charge in [-0.2, -0.15) is 0 Å². The number of halogens is 2. The fourth-order valence-corrected chi connectivity index (χ4v) is 3.36. The van der Waals surface area contributed by atoms with Crippen LogP contribution in [0.5, 0.6) is 0 Å². The molecule has 0 saturated heterocycles. The van der Waals surface area contributed by atoms with Crippen molar-refractivity contribution >= 4 is 23.1 Å². The molecule has 166 valence electrons. The second-order valence-electron chi connectivity index (χ2n) is 7.62.